The van der Waals surface area contributed by atoms with Gasteiger partial charge in [-0.05, 0) is 44.2 Å². The molecule has 1 N–H and O–H groups in total. The molecular formula is C20H30N4O2S. The Balaban J connectivity index is 1.38. The Morgan fingerprint density at radius 3 is 2.85 bits per heavy atom. The van der Waals surface area contributed by atoms with Gasteiger partial charge in [-0.2, -0.15) is 0 Å². The molecule has 0 aliphatic carbocycles. The number of carbonyl (C=O) groups is 2. The molecule has 4 heterocycles. The van der Waals surface area contributed by atoms with Gasteiger partial charge in [-0.3, -0.25) is 19.4 Å². The molecule has 27 heavy (non-hydrogen) atoms. The van der Waals surface area contributed by atoms with Crippen molar-refractivity contribution < 1.29 is 9.59 Å². The fraction of sp³-hybridized carbons (Fsp3) is 0.700. The predicted molar refractivity (Wildman–Crippen MR) is 107 cm³/mol. The minimum absolute atomic E-state index is 0.0867. The Bertz CT molecular complexity index is 659. The maximum absolute atomic E-state index is 12.8. The molecule has 3 saturated heterocycles. The standard InChI is InChI=1S/C20H30N4O2S/c1-22-15(6-7-18(25)23-9-2-3-10-23)13-21-20(26)19-17(22)8-11-24(19)14-16-5-4-12-27-16/h4-5,12,15,17,19H,2-3,6-11,13-14H2,1H3,(H,21,26). The number of likely N-dealkylation sites (tertiary alicyclic amines) is 2. The predicted octanol–water partition coefficient (Wildman–Crippen LogP) is 1.52. The van der Waals surface area contributed by atoms with Crippen LogP contribution in [0.15, 0.2) is 17.5 Å². The van der Waals surface area contributed by atoms with Gasteiger partial charge in [0.05, 0.1) is 0 Å². The third-order valence-electron chi connectivity index (χ3n) is 6.44. The molecule has 0 saturated carbocycles. The van der Waals surface area contributed by atoms with Gasteiger partial charge in [-0.25, -0.2) is 0 Å². The maximum Gasteiger partial charge on any atom is 0.239 e. The van der Waals surface area contributed by atoms with E-state index < -0.39 is 0 Å². The van der Waals surface area contributed by atoms with E-state index in [9.17, 15) is 9.59 Å². The van der Waals surface area contributed by atoms with Crippen LogP contribution in [0.4, 0.5) is 0 Å². The first-order valence-corrected chi connectivity index (χ1v) is 11.1. The van der Waals surface area contributed by atoms with Crippen LogP contribution < -0.4 is 5.32 Å². The van der Waals surface area contributed by atoms with Crippen LogP contribution in [-0.4, -0.2) is 77.9 Å². The number of nitrogens with one attached hydrogen (secondary N) is 1. The highest BCUT2D eigenvalue weighted by atomic mass is 32.1. The Morgan fingerprint density at radius 2 is 2.11 bits per heavy atom. The van der Waals surface area contributed by atoms with E-state index in [4.69, 9.17) is 0 Å². The zero-order valence-corrected chi connectivity index (χ0v) is 16.9. The van der Waals surface area contributed by atoms with Gasteiger partial charge in [0.2, 0.25) is 11.8 Å². The smallest absolute Gasteiger partial charge is 0.239 e. The fourth-order valence-electron chi connectivity index (χ4n) is 4.84. The summed E-state index contributed by atoms with van der Waals surface area (Å²) in [6.07, 6.45) is 4.68. The highest BCUT2D eigenvalue weighted by Gasteiger charge is 2.45. The van der Waals surface area contributed by atoms with E-state index in [0.717, 1.165) is 51.9 Å². The second-order valence-electron chi connectivity index (χ2n) is 8.04. The molecule has 7 heteroatoms. The molecule has 3 unspecified atom stereocenters. The van der Waals surface area contributed by atoms with Crippen molar-refractivity contribution in [2.75, 3.05) is 33.2 Å². The molecule has 1 aromatic heterocycles. The van der Waals surface area contributed by atoms with Crippen molar-refractivity contribution in [1.29, 1.82) is 0 Å². The first-order chi connectivity index (χ1) is 13.1. The SMILES string of the molecule is CN1C(CCC(=O)N2CCCC2)CNC(=O)C2C1CCN2Cc1cccs1. The number of carbonyl (C=O) groups excluding carboxylic acids is 2. The van der Waals surface area contributed by atoms with E-state index in [0.29, 0.717) is 13.0 Å². The molecule has 3 fully saturated rings. The first kappa shape index (κ1) is 18.9. The summed E-state index contributed by atoms with van der Waals surface area (Å²) in [7, 11) is 2.14. The van der Waals surface area contributed by atoms with Crippen LogP contribution in [0.2, 0.25) is 0 Å². The Morgan fingerprint density at radius 1 is 1.30 bits per heavy atom. The van der Waals surface area contributed by atoms with Crippen molar-refractivity contribution in [3.05, 3.63) is 22.4 Å². The van der Waals surface area contributed by atoms with E-state index >= 15 is 0 Å². The Kier molecular flexibility index (Phi) is 5.80. The number of likely N-dealkylation sites (N-methyl/N-ethyl adjacent to an activating group) is 1. The number of nitrogens with zero attached hydrogens (tertiary/aromatic N) is 3. The summed E-state index contributed by atoms with van der Waals surface area (Å²) in [5.41, 5.74) is 0. The lowest BCUT2D eigenvalue weighted by atomic mass is 10.0. The minimum Gasteiger partial charge on any atom is -0.353 e. The third-order valence-corrected chi connectivity index (χ3v) is 7.30. The summed E-state index contributed by atoms with van der Waals surface area (Å²) >= 11 is 1.75. The van der Waals surface area contributed by atoms with Gasteiger partial charge in [-0.15, -0.1) is 11.3 Å². The summed E-state index contributed by atoms with van der Waals surface area (Å²) < 4.78 is 0. The lowest BCUT2D eigenvalue weighted by Crippen LogP contribution is -2.49. The van der Waals surface area contributed by atoms with Crippen LogP contribution in [0, 0.1) is 0 Å². The number of fused-ring (bicyclic) bond motifs is 1. The van der Waals surface area contributed by atoms with Gasteiger partial charge in [0.25, 0.3) is 0 Å². The normalized spacial score (nSPS) is 29.6. The Hall–Kier alpha value is -1.44. The second kappa shape index (κ2) is 8.29. The molecule has 3 aliphatic heterocycles. The summed E-state index contributed by atoms with van der Waals surface area (Å²) in [5, 5.41) is 5.25. The van der Waals surface area contributed by atoms with E-state index in [1.165, 1.54) is 4.88 Å². The number of amides is 2. The Labute approximate surface area is 165 Å². The summed E-state index contributed by atoms with van der Waals surface area (Å²) in [4.78, 5) is 33.2. The third kappa shape index (κ3) is 4.05. The van der Waals surface area contributed by atoms with E-state index in [1.807, 2.05) is 4.90 Å². The fourth-order valence-corrected chi connectivity index (χ4v) is 5.57. The summed E-state index contributed by atoms with van der Waals surface area (Å²) in [6.45, 7) is 4.27. The zero-order valence-electron chi connectivity index (χ0n) is 16.1. The van der Waals surface area contributed by atoms with Gasteiger partial charge >= 0.3 is 0 Å². The molecule has 6 nitrogen and oxygen atoms in total. The van der Waals surface area contributed by atoms with Crippen LogP contribution in [0.1, 0.15) is 37.0 Å². The molecule has 0 aromatic carbocycles. The largest absolute Gasteiger partial charge is 0.353 e. The van der Waals surface area contributed by atoms with E-state index in [2.05, 4.69) is 39.7 Å². The number of rotatable bonds is 5. The minimum atomic E-state index is -0.0867. The van der Waals surface area contributed by atoms with Gasteiger partial charge in [-0.1, -0.05) is 6.07 Å². The van der Waals surface area contributed by atoms with Crippen LogP contribution >= 0.6 is 11.3 Å². The van der Waals surface area contributed by atoms with Crippen LogP contribution in [-0.2, 0) is 16.1 Å². The lowest BCUT2D eigenvalue weighted by Gasteiger charge is -2.33. The van der Waals surface area contributed by atoms with Crippen LogP contribution in [0.5, 0.6) is 0 Å². The van der Waals surface area contributed by atoms with Gasteiger partial charge in [0.1, 0.15) is 6.04 Å². The molecule has 2 amide bonds. The van der Waals surface area contributed by atoms with Gasteiger partial charge in [0.15, 0.2) is 0 Å². The highest BCUT2D eigenvalue weighted by Crippen LogP contribution is 2.29. The number of thiophene rings is 1. The average molecular weight is 391 g/mol. The van der Waals surface area contributed by atoms with Crippen molar-refractivity contribution >= 4 is 23.2 Å². The number of hydrogen-bond donors (Lipinski definition) is 1. The molecular weight excluding hydrogens is 360 g/mol. The van der Waals surface area contributed by atoms with Crippen LogP contribution in [0.25, 0.3) is 0 Å². The second-order valence-corrected chi connectivity index (χ2v) is 9.07. The summed E-state index contributed by atoms with van der Waals surface area (Å²) in [5.74, 6) is 0.424. The molecule has 148 valence electrons. The summed E-state index contributed by atoms with van der Waals surface area (Å²) in [6, 6.07) is 4.59. The lowest BCUT2D eigenvalue weighted by molar-refractivity contribution is -0.130. The molecule has 0 spiro atoms. The molecule has 4 rings (SSSR count). The monoisotopic (exact) mass is 390 g/mol. The van der Waals surface area contributed by atoms with Crippen molar-refractivity contribution in [3.63, 3.8) is 0 Å². The quantitative estimate of drug-likeness (QED) is 0.828. The van der Waals surface area contributed by atoms with Crippen molar-refractivity contribution in [3.8, 4) is 0 Å². The van der Waals surface area contributed by atoms with Crippen molar-refractivity contribution in [2.24, 2.45) is 0 Å². The molecule has 3 atom stereocenters. The maximum atomic E-state index is 12.8. The number of hydrogen-bond acceptors (Lipinski definition) is 5. The molecule has 1 aromatic rings. The first-order valence-electron chi connectivity index (χ1n) is 10.2. The highest BCUT2D eigenvalue weighted by molar-refractivity contribution is 7.09. The van der Waals surface area contributed by atoms with Gasteiger partial charge in [0, 0.05) is 56.1 Å². The average Bonchev–Trinajstić information content (AvgIpc) is 3.41. The van der Waals surface area contributed by atoms with Crippen molar-refractivity contribution in [1.82, 2.24) is 20.0 Å². The molecule has 0 bridgehead atoms. The molecule has 0 radical (unpaired) electrons. The van der Waals surface area contributed by atoms with E-state index in [-0.39, 0.29) is 29.9 Å². The van der Waals surface area contributed by atoms with Crippen LogP contribution in [0.3, 0.4) is 0 Å². The van der Waals surface area contributed by atoms with Gasteiger partial charge < -0.3 is 10.2 Å². The van der Waals surface area contributed by atoms with Crippen molar-refractivity contribution in [2.45, 2.75) is 56.8 Å². The molecule has 3 aliphatic rings. The zero-order chi connectivity index (χ0) is 18.8. The van der Waals surface area contributed by atoms with E-state index in [1.54, 1.807) is 11.3 Å². The topological polar surface area (TPSA) is 55.9 Å².